The van der Waals surface area contributed by atoms with Crippen LogP contribution in [0, 0.1) is 10.7 Å². The second-order valence-electron chi connectivity index (χ2n) is 5.02. The molecule has 0 atom stereocenters. The minimum absolute atomic E-state index is 0.111. The maximum absolute atomic E-state index is 12.6. The van der Waals surface area contributed by atoms with E-state index in [4.69, 9.17) is 5.26 Å². The summed E-state index contributed by atoms with van der Waals surface area (Å²) >= 11 is 0.863. The first-order valence-electron chi connectivity index (χ1n) is 6.67. The molecule has 2 aliphatic rings. The Morgan fingerprint density at radius 3 is 2.36 bits per heavy atom. The van der Waals surface area contributed by atoms with Crippen molar-refractivity contribution < 1.29 is 9.59 Å². The number of hydrogen-bond acceptors (Lipinski definition) is 4. The van der Waals surface area contributed by atoms with Gasteiger partial charge < -0.3 is 4.90 Å². The van der Waals surface area contributed by atoms with Crippen LogP contribution in [0.5, 0.6) is 0 Å². The molecule has 1 aromatic rings. The van der Waals surface area contributed by atoms with E-state index < -0.39 is 5.54 Å². The van der Waals surface area contributed by atoms with Gasteiger partial charge >= 0.3 is 0 Å². The Kier molecular flexibility index (Phi) is 3.47. The van der Waals surface area contributed by atoms with Crippen molar-refractivity contribution in [3.63, 3.8) is 0 Å². The number of benzene rings is 1. The summed E-state index contributed by atoms with van der Waals surface area (Å²) in [4.78, 5) is 26.0. The molecule has 0 radical (unpaired) electrons. The summed E-state index contributed by atoms with van der Waals surface area (Å²) in [5.74, 6) is -0.325. The van der Waals surface area contributed by atoms with Crippen molar-refractivity contribution in [2.75, 3.05) is 7.05 Å². The van der Waals surface area contributed by atoms with Crippen molar-refractivity contribution in [1.29, 1.82) is 5.26 Å². The SMILES string of the molecule is CN1C(=O)C(SC#N)=C(c2ccccc2)C12C=CC(=O)C=C2. The summed E-state index contributed by atoms with van der Waals surface area (Å²) in [5.41, 5.74) is 0.791. The van der Waals surface area contributed by atoms with E-state index in [9.17, 15) is 9.59 Å². The van der Waals surface area contributed by atoms with Gasteiger partial charge in [0.2, 0.25) is 0 Å². The maximum atomic E-state index is 12.6. The van der Waals surface area contributed by atoms with Crippen molar-refractivity contribution in [3.05, 3.63) is 65.1 Å². The molecule has 108 valence electrons. The van der Waals surface area contributed by atoms with Gasteiger partial charge in [-0.1, -0.05) is 30.3 Å². The summed E-state index contributed by atoms with van der Waals surface area (Å²) in [6.07, 6.45) is 6.38. The minimum atomic E-state index is -0.814. The molecule has 4 nitrogen and oxygen atoms in total. The number of likely N-dealkylation sites (N-methyl/N-ethyl adjacent to an activating group) is 1. The van der Waals surface area contributed by atoms with E-state index in [1.807, 2.05) is 35.7 Å². The standard InChI is InChI=1S/C17H12N2O2S/c1-19-16(21)15(22-11-18)14(12-5-3-2-4-6-12)17(19)9-7-13(20)8-10-17/h2-10H,1H3. The van der Waals surface area contributed by atoms with Gasteiger partial charge in [-0.25, -0.2) is 0 Å². The highest BCUT2D eigenvalue weighted by atomic mass is 32.2. The molecule has 0 saturated heterocycles. The lowest BCUT2D eigenvalue weighted by Gasteiger charge is -2.34. The van der Waals surface area contributed by atoms with Gasteiger partial charge in [0.05, 0.1) is 4.91 Å². The Hall–Kier alpha value is -2.58. The third kappa shape index (κ3) is 2.00. The molecule has 0 N–H and O–H groups in total. The van der Waals surface area contributed by atoms with Gasteiger partial charge in [0.1, 0.15) is 10.9 Å². The van der Waals surface area contributed by atoms with Crippen molar-refractivity contribution in [3.8, 4) is 5.40 Å². The zero-order valence-electron chi connectivity index (χ0n) is 11.8. The topological polar surface area (TPSA) is 61.2 Å². The average Bonchev–Trinajstić information content (AvgIpc) is 2.74. The Bertz CT molecular complexity index is 769. The fraction of sp³-hybridized carbons (Fsp3) is 0.118. The number of amides is 1. The lowest BCUT2D eigenvalue weighted by atomic mass is 9.83. The first-order chi connectivity index (χ1) is 10.6. The molecule has 0 fully saturated rings. The van der Waals surface area contributed by atoms with Crippen molar-refractivity contribution in [2.45, 2.75) is 5.54 Å². The van der Waals surface area contributed by atoms with Crippen LogP contribution in [0.3, 0.4) is 0 Å². The van der Waals surface area contributed by atoms with E-state index in [0.29, 0.717) is 4.91 Å². The number of hydrogen-bond donors (Lipinski definition) is 0. The Labute approximate surface area is 132 Å². The first kappa shape index (κ1) is 14.4. The van der Waals surface area contributed by atoms with Crippen molar-refractivity contribution in [1.82, 2.24) is 4.90 Å². The molecule has 22 heavy (non-hydrogen) atoms. The number of thiocyanates is 1. The number of carbonyl (C=O) groups excluding carboxylic acids is 2. The van der Waals surface area contributed by atoms with Gasteiger partial charge in [0, 0.05) is 12.6 Å². The number of rotatable bonds is 2. The summed E-state index contributed by atoms with van der Waals surface area (Å²) < 4.78 is 0. The molecular formula is C17H12N2O2S. The van der Waals surface area contributed by atoms with Gasteiger partial charge in [-0.05, 0) is 41.6 Å². The molecule has 0 saturated carbocycles. The third-order valence-electron chi connectivity index (χ3n) is 3.89. The van der Waals surface area contributed by atoms with Crippen LogP contribution in [0.25, 0.3) is 5.57 Å². The number of allylic oxidation sites excluding steroid dienone is 2. The normalized spacial score (nSPS) is 19.2. The monoisotopic (exact) mass is 308 g/mol. The molecule has 0 bridgehead atoms. The second kappa shape index (κ2) is 5.32. The summed E-state index contributed by atoms with van der Waals surface area (Å²) in [7, 11) is 1.68. The lowest BCUT2D eigenvalue weighted by Crippen LogP contribution is -2.43. The number of nitrogens with zero attached hydrogens (tertiary/aromatic N) is 2. The van der Waals surface area contributed by atoms with Crippen LogP contribution in [0.15, 0.2) is 59.5 Å². The highest BCUT2D eigenvalue weighted by molar-refractivity contribution is 8.08. The van der Waals surface area contributed by atoms with Gasteiger partial charge in [-0.15, -0.1) is 0 Å². The third-order valence-corrected chi connectivity index (χ3v) is 4.57. The maximum Gasteiger partial charge on any atom is 0.262 e. The molecule has 1 aromatic carbocycles. The summed E-state index contributed by atoms with van der Waals surface area (Å²) in [6, 6.07) is 9.47. The number of ketones is 1. The van der Waals surface area contributed by atoms with E-state index in [0.717, 1.165) is 22.9 Å². The van der Waals surface area contributed by atoms with Crippen molar-refractivity contribution >= 4 is 29.0 Å². The highest BCUT2D eigenvalue weighted by Crippen LogP contribution is 2.47. The van der Waals surface area contributed by atoms with Crippen LogP contribution in [0.4, 0.5) is 0 Å². The molecule has 5 heteroatoms. The molecule has 1 aliphatic carbocycles. The molecule has 1 aliphatic heterocycles. The van der Waals surface area contributed by atoms with Gasteiger partial charge in [-0.2, -0.15) is 5.26 Å². The van der Waals surface area contributed by atoms with Crippen LogP contribution >= 0.6 is 11.8 Å². The van der Waals surface area contributed by atoms with Gasteiger partial charge in [-0.3, -0.25) is 9.59 Å². The number of thioether (sulfide) groups is 1. The van der Waals surface area contributed by atoms with Crippen LogP contribution in [0.2, 0.25) is 0 Å². The lowest BCUT2D eigenvalue weighted by molar-refractivity contribution is -0.125. The van der Waals surface area contributed by atoms with E-state index in [-0.39, 0.29) is 11.7 Å². The molecule has 1 amide bonds. The quantitative estimate of drug-likeness (QED) is 0.788. The molecule has 0 unspecified atom stereocenters. The van der Waals surface area contributed by atoms with Crippen LogP contribution in [0.1, 0.15) is 5.56 Å². The number of nitriles is 1. The van der Waals surface area contributed by atoms with E-state index in [1.54, 1.807) is 24.1 Å². The Morgan fingerprint density at radius 1 is 1.14 bits per heavy atom. The summed E-state index contributed by atoms with van der Waals surface area (Å²) in [6.45, 7) is 0. The molecule has 0 aromatic heterocycles. The smallest absolute Gasteiger partial charge is 0.262 e. The van der Waals surface area contributed by atoms with E-state index >= 15 is 0 Å². The first-order valence-corrected chi connectivity index (χ1v) is 7.48. The highest BCUT2D eigenvalue weighted by Gasteiger charge is 2.48. The zero-order valence-corrected chi connectivity index (χ0v) is 12.6. The second-order valence-corrected chi connectivity index (χ2v) is 5.82. The molecule has 1 heterocycles. The largest absolute Gasteiger partial charge is 0.324 e. The fourth-order valence-electron chi connectivity index (χ4n) is 2.80. The molecular weight excluding hydrogens is 296 g/mol. The van der Waals surface area contributed by atoms with Gasteiger partial charge in [0.15, 0.2) is 5.78 Å². The predicted molar refractivity (Wildman–Crippen MR) is 85.4 cm³/mol. The Morgan fingerprint density at radius 2 is 1.77 bits per heavy atom. The minimum Gasteiger partial charge on any atom is -0.324 e. The van der Waals surface area contributed by atoms with Crippen LogP contribution < -0.4 is 0 Å². The zero-order chi connectivity index (χ0) is 15.7. The van der Waals surface area contributed by atoms with Crippen molar-refractivity contribution in [2.24, 2.45) is 0 Å². The number of carbonyl (C=O) groups is 2. The Balaban J connectivity index is 2.27. The summed E-state index contributed by atoms with van der Waals surface area (Å²) in [5, 5.41) is 11.0. The van der Waals surface area contributed by atoms with Gasteiger partial charge in [0.25, 0.3) is 5.91 Å². The molecule has 3 rings (SSSR count). The van der Waals surface area contributed by atoms with E-state index in [2.05, 4.69) is 0 Å². The fourth-order valence-corrected chi connectivity index (χ4v) is 3.50. The van der Waals surface area contributed by atoms with E-state index in [1.165, 1.54) is 12.2 Å². The van der Waals surface area contributed by atoms with Crippen LogP contribution in [-0.4, -0.2) is 29.2 Å². The average molecular weight is 308 g/mol. The van der Waals surface area contributed by atoms with Crippen LogP contribution in [-0.2, 0) is 9.59 Å². The predicted octanol–water partition coefficient (Wildman–Crippen LogP) is 2.52. The molecule has 1 spiro atoms.